The molecule has 0 radical (unpaired) electrons. The lowest BCUT2D eigenvalue weighted by Gasteiger charge is -2.08. The molecule has 3 rings (SSSR count). The van der Waals surface area contributed by atoms with Crippen molar-refractivity contribution in [1.82, 2.24) is 14.5 Å². The van der Waals surface area contributed by atoms with Gasteiger partial charge >= 0.3 is 0 Å². The van der Waals surface area contributed by atoms with E-state index < -0.39 is 0 Å². The fourth-order valence-electron chi connectivity index (χ4n) is 2.40. The van der Waals surface area contributed by atoms with Gasteiger partial charge in [0.1, 0.15) is 11.3 Å². The molecule has 2 heterocycles. The number of hydrogen-bond acceptors (Lipinski definition) is 4. The zero-order chi connectivity index (χ0) is 16.2. The number of hydrogen-bond donors (Lipinski definition) is 1. The van der Waals surface area contributed by atoms with E-state index in [2.05, 4.69) is 15.3 Å². The van der Waals surface area contributed by atoms with Crippen molar-refractivity contribution in [2.45, 2.75) is 20.4 Å². The molecule has 0 bridgehead atoms. The number of rotatable bonds is 5. The number of nitrogens with one attached hydrogen (secondary N) is 1. The number of nitrogens with zero attached hydrogens (tertiary/aromatic N) is 3. The first-order valence-electron chi connectivity index (χ1n) is 7.58. The summed E-state index contributed by atoms with van der Waals surface area (Å²) < 4.78 is 7.26. The second-order valence-corrected chi connectivity index (χ2v) is 4.94. The van der Waals surface area contributed by atoms with Crippen LogP contribution in [-0.2, 0) is 6.54 Å². The minimum absolute atomic E-state index is 0.210. The molecule has 6 nitrogen and oxygen atoms in total. The van der Waals surface area contributed by atoms with Gasteiger partial charge in [-0.05, 0) is 50.2 Å². The Bertz CT molecular complexity index is 824. The number of amides is 1. The molecule has 1 amide bonds. The van der Waals surface area contributed by atoms with Crippen molar-refractivity contribution >= 4 is 23.0 Å². The average molecular weight is 310 g/mol. The lowest BCUT2D eigenvalue weighted by Crippen LogP contribution is -2.15. The van der Waals surface area contributed by atoms with Crippen LogP contribution in [0.25, 0.3) is 11.2 Å². The van der Waals surface area contributed by atoms with E-state index in [4.69, 9.17) is 4.74 Å². The summed E-state index contributed by atoms with van der Waals surface area (Å²) in [5.74, 6) is 1.03. The van der Waals surface area contributed by atoms with Crippen molar-refractivity contribution in [3.05, 3.63) is 48.2 Å². The maximum absolute atomic E-state index is 12.4. The molecule has 0 aliphatic heterocycles. The van der Waals surface area contributed by atoms with Gasteiger partial charge in [0, 0.05) is 18.3 Å². The molecule has 0 aliphatic carbocycles. The highest BCUT2D eigenvalue weighted by atomic mass is 16.5. The third-order valence-electron chi connectivity index (χ3n) is 3.47. The highest BCUT2D eigenvalue weighted by molar-refractivity contribution is 6.04. The fourth-order valence-corrected chi connectivity index (χ4v) is 2.40. The summed E-state index contributed by atoms with van der Waals surface area (Å²) in [6, 6.07) is 10.7. The standard InChI is InChI=1S/C17H18N4O2/c1-3-21-15-14(6-5-11-18-15)19-17(21)20-16(22)12-7-9-13(10-8-12)23-4-2/h5-11H,3-4H2,1-2H3,(H,19,20,22). The molecule has 0 saturated heterocycles. The predicted molar refractivity (Wildman–Crippen MR) is 88.8 cm³/mol. The van der Waals surface area contributed by atoms with Crippen LogP contribution in [0.1, 0.15) is 24.2 Å². The molecule has 1 aromatic carbocycles. The minimum Gasteiger partial charge on any atom is -0.494 e. The van der Waals surface area contributed by atoms with Gasteiger partial charge in [0.05, 0.1) is 6.61 Å². The molecule has 0 spiro atoms. The van der Waals surface area contributed by atoms with Gasteiger partial charge < -0.3 is 4.74 Å². The maximum Gasteiger partial charge on any atom is 0.257 e. The number of aryl methyl sites for hydroxylation is 1. The number of fused-ring (bicyclic) bond motifs is 1. The quantitative estimate of drug-likeness (QED) is 0.786. The molecule has 2 aromatic heterocycles. The first kappa shape index (κ1) is 15.0. The molecule has 3 aromatic rings. The second kappa shape index (κ2) is 6.48. The molecule has 0 unspecified atom stereocenters. The van der Waals surface area contributed by atoms with Crippen molar-refractivity contribution < 1.29 is 9.53 Å². The maximum atomic E-state index is 12.4. The van der Waals surface area contributed by atoms with Crippen molar-refractivity contribution in [1.29, 1.82) is 0 Å². The zero-order valence-corrected chi connectivity index (χ0v) is 13.1. The number of imidazole rings is 1. The SMILES string of the molecule is CCOc1ccc(C(=O)Nc2nc3cccnc3n2CC)cc1. The van der Waals surface area contributed by atoms with E-state index in [0.29, 0.717) is 24.7 Å². The Morgan fingerprint density at radius 1 is 1.22 bits per heavy atom. The summed E-state index contributed by atoms with van der Waals surface area (Å²) in [6.07, 6.45) is 1.72. The number of anilines is 1. The van der Waals surface area contributed by atoms with Gasteiger partial charge in [-0.3, -0.25) is 14.7 Å². The van der Waals surface area contributed by atoms with Gasteiger partial charge in [0.25, 0.3) is 5.91 Å². The molecule has 1 N–H and O–H groups in total. The average Bonchev–Trinajstić information content (AvgIpc) is 2.92. The number of carbonyl (C=O) groups is 1. The smallest absolute Gasteiger partial charge is 0.257 e. The lowest BCUT2D eigenvalue weighted by atomic mass is 10.2. The van der Waals surface area contributed by atoms with Crippen LogP contribution in [0.2, 0.25) is 0 Å². The van der Waals surface area contributed by atoms with Crippen LogP contribution >= 0.6 is 0 Å². The highest BCUT2D eigenvalue weighted by Gasteiger charge is 2.14. The van der Waals surface area contributed by atoms with Gasteiger partial charge in [-0.25, -0.2) is 9.97 Å². The Balaban J connectivity index is 1.85. The molecule has 118 valence electrons. The van der Waals surface area contributed by atoms with Gasteiger partial charge in [-0.15, -0.1) is 0 Å². The van der Waals surface area contributed by atoms with E-state index in [1.54, 1.807) is 30.5 Å². The van der Waals surface area contributed by atoms with Crippen molar-refractivity contribution in [2.75, 3.05) is 11.9 Å². The molecule has 0 aliphatic rings. The van der Waals surface area contributed by atoms with Crippen LogP contribution in [0.5, 0.6) is 5.75 Å². The lowest BCUT2D eigenvalue weighted by molar-refractivity contribution is 0.102. The third-order valence-corrected chi connectivity index (χ3v) is 3.47. The van der Waals surface area contributed by atoms with Gasteiger partial charge in [0.15, 0.2) is 5.65 Å². The van der Waals surface area contributed by atoms with Gasteiger partial charge in [-0.1, -0.05) is 0 Å². The Morgan fingerprint density at radius 2 is 2.00 bits per heavy atom. The zero-order valence-electron chi connectivity index (χ0n) is 13.1. The number of pyridine rings is 1. The van der Waals surface area contributed by atoms with Crippen LogP contribution in [0.3, 0.4) is 0 Å². The molecular weight excluding hydrogens is 292 g/mol. The summed E-state index contributed by atoms with van der Waals surface area (Å²) in [5, 5.41) is 2.85. The summed E-state index contributed by atoms with van der Waals surface area (Å²) in [7, 11) is 0. The Labute approximate surface area is 134 Å². The monoisotopic (exact) mass is 310 g/mol. The molecule has 6 heteroatoms. The second-order valence-electron chi connectivity index (χ2n) is 4.94. The number of aromatic nitrogens is 3. The van der Waals surface area contributed by atoms with E-state index in [0.717, 1.165) is 16.9 Å². The molecule has 23 heavy (non-hydrogen) atoms. The largest absolute Gasteiger partial charge is 0.494 e. The van der Waals surface area contributed by atoms with Crippen LogP contribution in [0.15, 0.2) is 42.6 Å². The summed E-state index contributed by atoms with van der Waals surface area (Å²) in [6.45, 7) is 5.18. The van der Waals surface area contributed by atoms with Crippen LogP contribution in [0, 0.1) is 0 Å². The highest BCUT2D eigenvalue weighted by Crippen LogP contribution is 2.18. The van der Waals surface area contributed by atoms with Crippen molar-refractivity contribution in [3.8, 4) is 5.75 Å². The van der Waals surface area contributed by atoms with Crippen LogP contribution < -0.4 is 10.1 Å². The minimum atomic E-state index is -0.210. The Kier molecular flexibility index (Phi) is 4.23. The predicted octanol–water partition coefficient (Wildman–Crippen LogP) is 3.10. The third kappa shape index (κ3) is 3.01. The van der Waals surface area contributed by atoms with E-state index in [1.165, 1.54) is 0 Å². The number of ether oxygens (including phenoxy) is 1. The van der Waals surface area contributed by atoms with Crippen LogP contribution in [0.4, 0.5) is 5.95 Å². The van der Waals surface area contributed by atoms with Gasteiger partial charge in [0.2, 0.25) is 5.95 Å². The summed E-state index contributed by atoms with van der Waals surface area (Å²) in [4.78, 5) is 21.2. The topological polar surface area (TPSA) is 69.0 Å². The normalized spacial score (nSPS) is 10.7. The Hall–Kier alpha value is -2.89. The first-order chi connectivity index (χ1) is 11.2. The van der Waals surface area contributed by atoms with E-state index in [-0.39, 0.29) is 5.91 Å². The van der Waals surface area contributed by atoms with Crippen molar-refractivity contribution in [3.63, 3.8) is 0 Å². The number of carbonyl (C=O) groups excluding carboxylic acids is 1. The first-order valence-corrected chi connectivity index (χ1v) is 7.58. The summed E-state index contributed by atoms with van der Waals surface area (Å²) in [5.41, 5.74) is 2.07. The van der Waals surface area contributed by atoms with Crippen molar-refractivity contribution in [2.24, 2.45) is 0 Å². The van der Waals surface area contributed by atoms with E-state index >= 15 is 0 Å². The Morgan fingerprint density at radius 3 is 2.70 bits per heavy atom. The molecule has 0 atom stereocenters. The molecule has 0 fully saturated rings. The van der Waals surface area contributed by atoms with E-state index in [9.17, 15) is 4.79 Å². The molecule has 0 saturated carbocycles. The van der Waals surface area contributed by atoms with E-state index in [1.807, 2.05) is 30.5 Å². The van der Waals surface area contributed by atoms with Gasteiger partial charge in [-0.2, -0.15) is 0 Å². The molecular formula is C17H18N4O2. The van der Waals surface area contributed by atoms with Crippen LogP contribution in [-0.4, -0.2) is 27.0 Å². The summed E-state index contributed by atoms with van der Waals surface area (Å²) >= 11 is 0. The fraction of sp³-hybridized carbons (Fsp3) is 0.235. The number of benzene rings is 1.